The second kappa shape index (κ2) is 12.6. The maximum atomic E-state index is 12.8. The van der Waals surface area contributed by atoms with Gasteiger partial charge in [-0.2, -0.15) is 18.3 Å². The van der Waals surface area contributed by atoms with Crippen molar-refractivity contribution >= 4 is 30.2 Å². The van der Waals surface area contributed by atoms with Gasteiger partial charge in [0.05, 0.1) is 12.3 Å². The minimum absolute atomic E-state index is 0.0542. The van der Waals surface area contributed by atoms with Crippen molar-refractivity contribution in [3.8, 4) is 0 Å². The van der Waals surface area contributed by atoms with E-state index >= 15 is 0 Å². The molecule has 1 saturated heterocycles. The number of nitrogens with one attached hydrogen (secondary N) is 1. The Bertz CT molecular complexity index is 853. The Labute approximate surface area is 186 Å². The molecule has 10 nitrogen and oxygen atoms in total. The van der Waals surface area contributed by atoms with Crippen molar-refractivity contribution in [3.05, 3.63) is 35.4 Å². The van der Waals surface area contributed by atoms with Gasteiger partial charge in [0.25, 0.3) is 0 Å². The Morgan fingerprint density at radius 3 is 2.09 bits per heavy atom. The van der Waals surface area contributed by atoms with E-state index in [1.165, 1.54) is 18.3 Å². The summed E-state index contributed by atoms with van der Waals surface area (Å²) in [4.78, 5) is 44.6. The Morgan fingerprint density at radius 2 is 1.67 bits per heavy atom. The van der Waals surface area contributed by atoms with Crippen LogP contribution in [0.4, 0.5) is 13.2 Å². The summed E-state index contributed by atoms with van der Waals surface area (Å²) < 4.78 is 37.7. The number of carboxylic acid groups (broad SMARTS) is 2. The number of carboxylic acids is 2. The lowest BCUT2D eigenvalue weighted by Crippen LogP contribution is -2.50. The van der Waals surface area contributed by atoms with Gasteiger partial charge in [-0.1, -0.05) is 24.3 Å². The molecule has 182 valence electrons. The standard InChI is InChI=1S/C18H23N3O5.C2HF3O2/c19-21-12-13-3-5-14(6-4-13)18(17(24)25,16(23)2-1-11-22)26-15-7-9-20-10-8-15;3-2(4,5)1(6)7/h3-6,11-12,15,20H,1-2,7-10,19H2,(H,24,25);(H,6,7). The van der Waals surface area contributed by atoms with E-state index in [0.717, 1.165) is 0 Å². The summed E-state index contributed by atoms with van der Waals surface area (Å²) in [5, 5.41) is 23.7. The van der Waals surface area contributed by atoms with Crippen LogP contribution >= 0.6 is 0 Å². The zero-order valence-electron chi connectivity index (χ0n) is 17.4. The fourth-order valence-electron chi connectivity index (χ4n) is 3.01. The zero-order valence-corrected chi connectivity index (χ0v) is 17.4. The van der Waals surface area contributed by atoms with Gasteiger partial charge in [0.1, 0.15) is 6.29 Å². The van der Waals surface area contributed by atoms with Crippen LogP contribution in [0.15, 0.2) is 29.4 Å². The lowest BCUT2D eigenvalue weighted by atomic mass is 9.86. The third kappa shape index (κ3) is 7.95. The van der Waals surface area contributed by atoms with Crippen LogP contribution in [-0.4, -0.2) is 65.8 Å². The van der Waals surface area contributed by atoms with E-state index in [0.29, 0.717) is 37.8 Å². The molecule has 0 saturated carbocycles. The molecule has 1 unspecified atom stereocenters. The normalized spacial score (nSPS) is 16.3. The molecule has 0 amide bonds. The number of carbonyl (C=O) groups is 4. The number of halogens is 3. The minimum Gasteiger partial charge on any atom is -0.478 e. The van der Waals surface area contributed by atoms with Gasteiger partial charge < -0.3 is 30.9 Å². The molecular formula is C20H24F3N3O7. The first-order valence-corrected chi connectivity index (χ1v) is 9.71. The molecule has 33 heavy (non-hydrogen) atoms. The van der Waals surface area contributed by atoms with E-state index in [-0.39, 0.29) is 24.5 Å². The van der Waals surface area contributed by atoms with E-state index < -0.39 is 29.5 Å². The predicted octanol–water partition coefficient (Wildman–Crippen LogP) is 1.21. The number of aliphatic carboxylic acids is 2. The van der Waals surface area contributed by atoms with E-state index in [1.54, 1.807) is 12.1 Å². The molecule has 0 aliphatic carbocycles. The highest BCUT2D eigenvalue weighted by Crippen LogP contribution is 2.33. The van der Waals surface area contributed by atoms with E-state index in [4.69, 9.17) is 20.5 Å². The smallest absolute Gasteiger partial charge is 0.478 e. The third-order valence-corrected chi connectivity index (χ3v) is 4.60. The molecule has 0 bridgehead atoms. The summed E-state index contributed by atoms with van der Waals surface area (Å²) in [5.41, 5.74) is -1.25. The lowest BCUT2D eigenvalue weighted by molar-refractivity contribution is -0.192. The van der Waals surface area contributed by atoms with Gasteiger partial charge in [0.2, 0.25) is 5.60 Å². The average Bonchev–Trinajstić information content (AvgIpc) is 2.77. The average molecular weight is 475 g/mol. The van der Waals surface area contributed by atoms with Gasteiger partial charge in [-0.15, -0.1) is 0 Å². The Morgan fingerprint density at radius 1 is 1.12 bits per heavy atom. The van der Waals surface area contributed by atoms with Crippen molar-refractivity contribution in [2.45, 2.75) is 43.6 Å². The van der Waals surface area contributed by atoms with Crippen molar-refractivity contribution < 1.29 is 47.3 Å². The molecule has 13 heteroatoms. The first-order valence-electron chi connectivity index (χ1n) is 9.71. The number of aldehydes is 1. The van der Waals surface area contributed by atoms with Gasteiger partial charge in [0.15, 0.2) is 5.78 Å². The summed E-state index contributed by atoms with van der Waals surface area (Å²) in [5.74, 6) is 0.335. The minimum atomic E-state index is -5.08. The van der Waals surface area contributed by atoms with Crippen molar-refractivity contribution in [3.63, 3.8) is 0 Å². The summed E-state index contributed by atoms with van der Waals surface area (Å²) in [7, 11) is 0. The van der Waals surface area contributed by atoms with E-state index in [2.05, 4.69) is 10.4 Å². The first-order chi connectivity index (χ1) is 15.5. The highest BCUT2D eigenvalue weighted by atomic mass is 19.4. The number of alkyl halides is 3. The number of Topliss-reactive ketones (excluding diaryl/α,β-unsaturated/α-hetero) is 1. The van der Waals surface area contributed by atoms with Crippen molar-refractivity contribution in [2.75, 3.05) is 13.1 Å². The van der Waals surface area contributed by atoms with Gasteiger partial charge in [-0.3, -0.25) is 4.79 Å². The molecule has 1 aliphatic rings. The molecule has 2 rings (SSSR count). The Hall–Kier alpha value is -3.32. The number of hydrogen-bond donors (Lipinski definition) is 4. The fourth-order valence-corrected chi connectivity index (χ4v) is 3.01. The van der Waals surface area contributed by atoms with Gasteiger partial charge in [0, 0.05) is 18.4 Å². The lowest BCUT2D eigenvalue weighted by Gasteiger charge is -2.34. The fraction of sp³-hybridized carbons (Fsp3) is 0.450. The van der Waals surface area contributed by atoms with Crippen LogP contribution in [0.2, 0.25) is 0 Å². The van der Waals surface area contributed by atoms with Crippen LogP contribution in [-0.2, 0) is 29.5 Å². The highest BCUT2D eigenvalue weighted by molar-refractivity contribution is 6.07. The number of carbonyl (C=O) groups excluding carboxylic acids is 2. The number of nitrogens with two attached hydrogens (primary N) is 1. The SMILES string of the molecule is NN=Cc1ccc(C(OC2CCNCC2)(C(=O)O)C(=O)CCC=O)cc1.O=C(O)C(F)(F)F. The third-order valence-electron chi connectivity index (χ3n) is 4.60. The van der Waals surface area contributed by atoms with Crippen molar-refractivity contribution in [1.29, 1.82) is 0 Å². The predicted molar refractivity (Wildman–Crippen MR) is 109 cm³/mol. The number of rotatable bonds is 9. The summed E-state index contributed by atoms with van der Waals surface area (Å²) in [6.07, 6.45) is -2.49. The van der Waals surface area contributed by atoms with E-state index in [9.17, 15) is 32.7 Å². The van der Waals surface area contributed by atoms with Gasteiger partial charge in [-0.25, -0.2) is 9.59 Å². The maximum Gasteiger partial charge on any atom is 0.490 e. The topological polar surface area (TPSA) is 168 Å². The molecule has 0 radical (unpaired) electrons. The molecule has 1 aromatic carbocycles. The summed E-state index contributed by atoms with van der Waals surface area (Å²) in [6.45, 7) is 1.38. The molecular weight excluding hydrogens is 451 g/mol. The van der Waals surface area contributed by atoms with Crippen molar-refractivity contribution in [2.24, 2.45) is 10.9 Å². The van der Waals surface area contributed by atoms with Crippen LogP contribution in [0.5, 0.6) is 0 Å². The largest absolute Gasteiger partial charge is 0.490 e. The van der Waals surface area contributed by atoms with Crippen LogP contribution in [0.3, 0.4) is 0 Å². The highest BCUT2D eigenvalue weighted by Gasteiger charge is 2.50. The van der Waals surface area contributed by atoms with Gasteiger partial charge in [-0.05, 0) is 31.5 Å². The Kier molecular flexibility index (Phi) is 10.6. The first kappa shape index (κ1) is 27.7. The summed E-state index contributed by atoms with van der Waals surface area (Å²) >= 11 is 0. The number of hydrazone groups is 1. The van der Waals surface area contributed by atoms with Crippen LogP contribution in [0.1, 0.15) is 36.8 Å². The maximum absolute atomic E-state index is 12.8. The molecule has 1 aromatic rings. The molecule has 1 aliphatic heterocycles. The number of benzene rings is 1. The number of piperidine rings is 1. The second-order valence-electron chi connectivity index (χ2n) is 6.89. The quantitative estimate of drug-likeness (QED) is 0.135. The molecule has 1 fully saturated rings. The molecule has 0 aromatic heterocycles. The summed E-state index contributed by atoms with van der Waals surface area (Å²) in [6, 6.07) is 6.26. The Balaban J connectivity index is 0.000000675. The van der Waals surface area contributed by atoms with Crippen LogP contribution < -0.4 is 11.2 Å². The van der Waals surface area contributed by atoms with E-state index in [1.807, 2.05) is 0 Å². The number of nitrogens with zero attached hydrogens (tertiary/aromatic N) is 1. The zero-order chi connectivity index (χ0) is 25.1. The molecule has 5 N–H and O–H groups in total. The second-order valence-corrected chi connectivity index (χ2v) is 6.89. The number of hydrogen-bond acceptors (Lipinski definition) is 8. The molecule has 1 atom stereocenters. The van der Waals surface area contributed by atoms with Crippen LogP contribution in [0, 0.1) is 0 Å². The number of ketones is 1. The number of ether oxygens (including phenoxy) is 1. The molecule has 1 heterocycles. The monoisotopic (exact) mass is 475 g/mol. The van der Waals surface area contributed by atoms with Crippen LogP contribution in [0.25, 0.3) is 0 Å². The molecule has 0 spiro atoms. The van der Waals surface area contributed by atoms with Crippen molar-refractivity contribution in [1.82, 2.24) is 5.32 Å². The van der Waals surface area contributed by atoms with Gasteiger partial charge >= 0.3 is 18.1 Å².